The minimum absolute atomic E-state index is 0.0844. The monoisotopic (exact) mass is 355 g/mol. The van der Waals surface area contributed by atoms with Crippen molar-refractivity contribution in [3.8, 4) is 17.1 Å². The molecule has 2 aromatic carbocycles. The zero-order valence-corrected chi connectivity index (χ0v) is 13.4. The van der Waals surface area contributed by atoms with Crippen LogP contribution < -0.4 is 10.1 Å². The average Bonchev–Trinajstić information content (AvgIpc) is 3.11. The number of carbonyl (C=O) groups is 2. The molecule has 0 unspecified atom stereocenters. The quantitative estimate of drug-likeness (QED) is 0.702. The molecule has 6 nitrogen and oxygen atoms in total. The maximum absolute atomic E-state index is 13.0. The lowest BCUT2D eigenvalue weighted by Gasteiger charge is -2.07. The number of carbonyl (C=O) groups excluding carboxylic acids is 1. The molecule has 132 valence electrons. The van der Waals surface area contributed by atoms with Gasteiger partial charge in [-0.1, -0.05) is 6.07 Å². The molecule has 1 heterocycles. The highest BCUT2D eigenvalue weighted by atomic mass is 19.1. The van der Waals surface area contributed by atoms with E-state index in [2.05, 4.69) is 5.32 Å². The Hall–Kier alpha value is -3.61. The smallest absolute Gasteiger partial charge is 0.341 e. The minimum atomic E-state index is -1.09. The van der Waals surface area contributed by atoms with Crippen LogP contribution in [0.1, 0.15) is 10.6 Å². The average molecular weight is 355 g/mol. The van der Waals surface area contributed by atoms with Gasteiger partial charge in [-0.15, -0.1) is 0 Å². The van der Waals surface area contributed by atoms with Crippen LogP contribution in [0.3, 0.4) is 0 Å². The van der Waals surface area contributed by atoms with E-state index in [9.17, 15) is 14.0 Å². The maximum atomic E-state index is 13.0. The minimum Gasteiger partial charge on any atom is -0.482 e. The molecule has 0 saturated heterocycles. The predicted octanol–water partition coefficient (Wildman–Crippen LogP) is 3.80. The van der Waals surface area contributed by atoms with Crippen LogP contribution >= 0.6 is 0 Å². The third-order valence-corrected chi connectivity index (χ3v) is 3.41. The number of amides is 1. The summed E-state index contributed by atoms with van der Waals surface area (Å²) in [6.45, 7) is -0.476. The molecule has 0 saturated carbocycles. The summed E-state index contributed by atoms with van der Waals surface area (Å²) in [5, 5.41) is 11.3. The van der Waals surface area contributed by atoms with Gasteiger partial charge in [0.1, 0.15) is 17.3 Å². The van der Waals surface area contributed by atoms with Gasteiger partial charge in [0.05, 0.1) is 0 Å². The number of ether oxygens (including phenoxy) is 1. The van der Waals surface area contributed by atoms with Crippen molar-refractivity contribution < 1.29 is 28.2 Å². The molecule has 0 bridgehead atoms. The molecule has 0 atom stereocenters. The summed E-state index contributed by atoms with van der Waals surface area (Å²) in [7, 11) is 0. The van der Waals surface area contributed by atoms with Gasteiger partial charge in [-0.05, 0) is 48.5 Å². The Balaban J connectivity index is 1.69. The summed E-state index contributed by atoms with van der Waals surface area (Å²) >= 11 is 0. The van der Waals surface area contributed by atoms with Gasteiger partial charge >= 0.3 is 5.97 Å². The SMILES string of the molecule is O=C(O)COc1cccc(NC(=O)c2ccc(-c3ccc(F)cc3)o2)c1. The molecular weight excluding hydrogens is 341 g/mol. The fraction of sp³-hybridized carbons (Fsp3) is 0.0526. The molecule has 3 rings (SSSR count). The number of carboxylic acid groups (broad SMARTS) is 1. The van der Waals surface area contributed by atoms with Crippen molar-refractivity contribution in [2.75, 3.05) is 11.9 Å². The molecular formula is C19H14FNO5. The highest BCUT2D eigenvalue weighted by molar-refractivity contribution is 6.02. The topological polar surface area (TPSA) is 88.8 Å². The van der Waals surface area contributed by atoms with Crippen LogP contribution in [0.25, 0.3) is 11.3 Å². The van der Waals surface area contributed by atoms with Crippen LogP contribution in [0.15, 0.2) is 65.1 Å². The zero-order chi connectivity index (χ0) is 18.5. The van der Waals surface area contributed by atoms with Crippen molar-refractivity contribution in [2.24, 2.45) is 0 Å². The second-order valence-electron chi connectivity index (χ2n) is 5.34. The first-order chi connectivity index (χ1) is 12.5. The van der Waals surface area contributed by atoms with E-state index < -0.39 is 18.5 Å². The highest BCUT2D eigenvalue weighted by Crippen LogP contribution is 2.24. The van der Waals surface area contributed by atoms with Gasteiger partial charge in [-0.3, -0.25) is 4.79 Å². The van der Waals surface area contributed by atoms with E-state index >= 15 is 0 Å². The van der Waals surface area contributed by atoms with Crippen LogP contribution in [-0.2, 0) is 4.79 Å². The molecule has 0 radical (unpaired) electrons. The Bertz CT molecular complexity index is 933. The van der Waals surface area contributed by atoms with Gasteiger partial charge in [0, 0.05) is 17.3 Å². The standard InChI is InChI=1S/C19H14FNO5/c20-13-6-4-12(5-7-13)16-8-9-17(26-16)19(24)21-14-2-1-3-15(10-14)25-11-18(22)23/h1-10H,11H2,(H,21,24)(H,22,23). The van der Waals surface area contributed by atoms with E-state index in [1.54, 1.807) is 36.4 Å². The van der Waals surface area contributed by atoms with Crippen molar-refractivity contribution in [1.82, 2.24) is 0 Å². The lowest BCUT2D eigenvalue weighted by Crippen LogP contribution is -2.12. The normalized spacial score (nSPS) is 10.3. The summed E-state index contributed by atoms with van der Waals surface area (Å²) in [5.41, 5.74) is 1.08. The fourth-order valence-electron chi connectivity index (χ4n) is 2.23. The fourth-order valence-corrected chi connectivity index (χ4v) is 2.23. The van der Waals surface area contributed by atoms with Crippen LogP contribution in [0.5, 0.6) is 5.75 Å². The van der Waals surface area contributed by atoms with Gasteiger partial charge in [0.15, 0.2) is 12.4 Å². The lowest BCUT2D eigenvalue weighted by atomic mass is 10.2. The largest absolute Gasteiger partial charge is 0.482 e. The van der Waals surface area contributed by atoms with Crippen LogP contribution in [0, 0.1) is 5.82 Å². The molecule has 7 heteroatoms. The molecule has 0 aliphatic heterocycles. The molecule has 2 N–H and O–H groups in total. The van der Waals surface area contributed by atoms with Crippen molar-refractivity contribution in [3.63, 3.8) is 0 Å². The predicted molar refractivity (Wildman–Crippen MR) is 91.6 cm³/mol. The van der Waals surface area contributed by atoms with E-state index in [1.165, 1.54) is 24.3 Å². The van der Waals surface area contributed by atoms with Crippen molar-refractivity contribution >= 4 is 17.6 Å². The Morgan fingerprint density at radius 2 is 1.85 bits per heavy atom. The lowest BCUT2D eigenvalue weighted by molar-refractivity contribution is -0.139. The van der Waals surface area contributed by atoms with Crippen LogP contribution in [0.4, 0.5) is 10.1 Å². The van der Waals surface area contributed by atoms with Crippen LogP contribution in [-0.4, -0.2) is 23.6 Å². The molecule has 0 aliphatic rings. The number of aliphatic carboxylic acids is 1. The van der Waals surface area contributed by atoms with Gasteiger partial charge in [0.25, 0.3) is 5.91 Å². The summed E-state index contributed by atoms with van der Waals surface area (Å²) in [6.07, 6.45) is 0. The number of rotatable bonds is 6. The number of nitrogens with one attached hydrogen (secondary N) is 1. The zero-order valence-electron chi connectivity index (χ0n) is 13.4. The van der Waals surface area contributed by atoms with Crippen molar-refractivity contribution in [1.29, 1.82) is 0 Å². The summed E-state index contributed by atoms with van der Waals surface area (Å²) in [4.78, 5) is 22.8. The molecule has 3 aromatic rings. The summed E-state index contributed by atoms with van der Waals surface area (Å²) < 4.78 is 23.5. The molecule has 0 spiro atoms. The number of hydrogen-bond donors (Lipinski definition) is 2. The Kier molecular flexibility index (Phi) is 4.98. The number of hydrogen-bond acceptors (Lipinski definition) is 4. The third-order valence-electron chi connectivity index (χ3n) is 3.41. The van der Waals surface area contributed by atoms with Gasteiger partial charge in [-0.25, -0.2) is 9.18 Å². The van der Waals surface area contributed by atoms with Crippen molar-refractivity contribution in [3.05, 3.63) is 72.2 Å². The van der Waals surface area contributed by atoms with Gasteiger partial charge < -0.3 is 19.6 Å². The first-order valence-electron chi connectivity index (χ1n) is 7.63. The second-order valence-corrected chi connectivity index (χ2v) is 5.34. The van der Waals surface area contributed by atoms with Gasteiger partial charge in [0.2, 0.25) is 0 Å². The van der Waals surface area contributed by atoms with E-state index in [4.69, 9.17) is 14.3 Å². The Morgan fingerprint density at radius 1 is 1.08 bits per heavy atom. The number of benzene rings is 2. The summed E-state index contributed by atoms with van der Waals surface area (Å²) in [5.74, 6) is -1.09. The molecule has 0 fully saturated rings. The van der Waals surface area contributed by atoms with Crippen LogP contribution in [0.2, 0.25) is 0 Å². The maximum Gasteiger partial charge on any atom is 0.341 e. The van der Waals surface area contributed by atoms with Gasteiger partial charge in [-0.2, -0.15) is 0 Å². The first kappa shape index (κ1) is 17.2. The number of carboxylic acids is 1. The third kappa shape index (κ3) is 4.27. The first-order valence-corrected chi connectivity index (χ1v) is 7.63. The molecule has 1 aromatic heterocycles. The molecule has 0 aliphatic carbocycles. The van der Waals surface area contributed by atoms with E-state index in [0.29, 0.717) is 22.8 Å². The van der Waals surface area contributed by atoms with Crippen molar-refractivity contribution in [2.45, 2.75) is 0 Å². The van der Waals surface area contributed by atoms with E-state index in [0.717, 1.165) is 0 Å². The second kappa shape index (κ2) is 7.52. The number of furan rings is 1. The summed E-state index contributed by atoms with van der Waals surface area (Å²) in [6, 6.07) is 15.2. The Morgan fingerprint density at radius 3 is 2.58 bits per heavy atom. The van der Waals surface area contributed by atoms with E-state index in [-0.39, 0.29) is 11.6 Å². The highest BCUT2D eigenvalue weighted by Gasteiger charge is 2.13. The van der Waals surface area contributed by atoms with E-state index in [1.807, 2.05) is 0 Å². The molecule has 26 heavy (non-hydrogen) atoms. The molecule has 1 amide bonds. The number of anilines is 1. The number of halogens is 1. The Labute approximate surface area is 147 Å².